The molecular formula is C18H18BrN3O2S2. The lowest BCUT2D eigenvalue weighted by atomic mass is 10.2. The molecule has 26 heavy (non-hydrogen) atoms. The van der Waals surface area contributed by atoms with E-state index in [1.807, 2.05) is 38.1 Å². The van der Waals surface area contributed by atoms with Gasteiger partial charge in [-0.2, -0.15) is 0 Å². The number of fused-ring (bicyclic) bond motifs is 1. The molecule has 0 aliphatic carbocycles. The number of aryl methyl sites for hydroxylation is 2. The van der Waals surface area contributed by atoms with Crippen molar-refractivity contribution in [1.29, 1.82) is 0 Å². The fourth-order valence-corrected chi connectivity index (χ4v) is 4.66. The fourth-order valence-electron chi connectivity index (χ4n) is 2.45. The van der Waals surface area contributed by atoms with Crippen LogP contribution >= 0.6 is 39.0 Å². The van der Waals surface area contributed by atoms with Crippen molar-refractivity contribution >= 4 is 60.8 Å². The van der Waals surface area contributed by atoms with Crippen LogP contribution in [0.5, 0.6) is 0 Å². The molecular weight excluding hydrogens is 434 g/mol. The molecule has 0 fully saturated rings. The number of benzene rings is 1. The predicted octanol–water partition coefficient (Wildman–Crippen LogP) is 4.49. The van der Waals surface area contributed by atoms with E-state index < -0.39 is 5.25 Å². The molecule has 0 spiro atoms. The van der Waals surface area contributed by atoms with Gasteiger partial charge in [0.2, 0.25) is 5.91 Å². The van der Waals surface area contributed by atoms with Gasteiger partial charge in [0.1, 0.15) is 4.83 Å². The van der Waals surface area contributed by atoms with Crippen LogP contribution in [0.3, 0.4) is 0 Å². The molecule has 1 unspecified atom stereocenters. The smallest absolute Gasteiger partial charge is 0.262 e. The number of thiophene rings is 1. The van der Waals surface area contributed by atoms with Crippen LogP contribution in [-0.2, 0) is 11.8 Å². The summed E-state index contributed by atoms with van der Waals surface area (Å²) in [4.78, 5) is 31.6. The Morgan fingerprint density at radius 3 is 2.62 bits per heavy atom. The molecule has 0 aliphatic rings. The van der Waals surface area contributed by atoms with Crippen molar-refractivity contribution in [2.24, 2.45) is 7.05 Å². The maximum atomic E-state index is 12.7. The number of hydrogen-bond donors (Lipinski definition) is 1. The molecule has 0 radical (unpaired) electrons. The van der Waals surface area contributed by atoms with E-state index in [0.717, 1.165) is 25.4 Å². The van der Waals surface area contributed by atoms with Crippen LogP contribution in [-0.4, -0.2) is 20.7 Å². The number of amides is 1. The standard InChI is InChI=1S/C18H18BrN3O2S2/c1-9-10(2)25-16-14(9)17(24)22(4)18(21-16)26-11(3)15(23)20-13-7-5-12(19)6-8-13/h5-8,11H,1-4H3,(H,20,23). The highest BCUT2D eigenvalue weighted by Gasteiger charge is 2.20. The van der Waals surface area contributed by atoms with Gasteiger partial charge in [0.25, 0.3) is 5.56 Å². The molecule has 3 aromatic rings. The number of rotatable bonds is 4. The first-order valence-corrected chi connectivity index (χ1v) is 10.5. The number of nitrogens with zero attached hydrogens (tertiary/aromatic N) is 2. The van der Waals surface area contributed by atoms with Gasteiger partial charge < -0.3 is 5.32 Å². The maximum absolute atomic E-state index is 12.7. The number of hydrogen-bond acceptors (Lipinski definition) is 5. The van der Waals surface area contributed by atoms with Crippen LogP contribution < -0.4 is 10.9 Å². The van der Waals surface area contributed by atoms with Gasteiger partial charge in [-0.15, -0.1) is 11.3 Å². The Morgan fingerprint density at radius 2 is 1.96 bits per heavy atom. The summed E-state index contributed by atoms with van der Waals surface area (Å²) < 4.78 is 2.47. The van der Waals surface area contributed by atoms with Crippen molar-refractivity contribution in [3.63, 3.8) is 0 Å². The third-order valence-corrected chi connectivity index (χ3v) is 6.91. The van der Waals surface area contributed by atoms with Crippen LogP contribution in [0.15, 0.2) is 38.7 Å². The second-order valence-electron chi connectivity index (χ2n) is 5.98. The molecule has 0 aliphatic heterocycles. The third-order valence-electron chi connectivity index (χ3n) is 4.13. The Bertz CT molecular complexity index is 1040. The van der Waals surface area contributed by atoms with Gasteiger partial charge in [-0.3, -0.25) is 14.2 Å². The molecule has 0 saturated heterocycles. The van der Waals surface area contributed by atoms with E-state index in [2.05, 4.69) is 26.2 Å². The summed E-state index contributed by atoms with van der Waals surface area (Å²) in [5.41, 5.74) is 1.64. The summed E-state index contributed by atoms with van der Waals surface area (Å²) in [6.07, 6.45) is 0. The predicted molar refractivity (Wildman–Crippen MR) is 112 cm³/mol. The molecule has 0 bridgehead atoms. The molecule has 1 atom stereocenters. The lowest BCUT2D eigenvalue weighted by molar-refractivity contribution is -0.115. The molecule has 1 amide bonds. The summed E-state index contributed by atoms with van der Waals surface area (Å²) in [5.74, 6) is -0.134. The van der Waals surface area contributed by atoms with Gasteiger partial charge in [0.05, 0.1) is 10.6 Å². The van der Waals surface area contributed by atoms with E-state index in [9.17, 15) is 9.59 Å². The van der Waals surface area contributed by atoms with Gasteiger partial charge in [-0.1, -0.05) is 27.7 Å². The largest absolute Gasteiger partial charge is 0.325 e. The van der Waals surface area contributed by atoms with Crippen LogP contribution in [0.25, 0.3) is 10.2 Å². The summed E-state index contributed by atoms with van der Waals surface area (Å²) in [7, 11) is 1.70. The van der Waals surface area contributed by atoms with Crippen LogP contribution in [0.2, 0.25) is 0 Å². The van der Waals surface area contributed by atoms with Gasteiger partial charge in [0.15, 0.2) is 5.16 Å². The Hall–Kier alpha value is -1.64. The highest BCUT2D eigenvalue weighted by Crippen LogP contribution is 2.29. The van der Waals surface area contributed by atoms with Crippen molar-refractivity contribution in [1.82, 2.24) is 9.55 Å². The zero-order chi connectivity index (χ0) is 19.0. The number of anilines is 1. The van der Waals surface area contributed by atoms with E-state index in [1.165, 1.54) is 27.7 Å². The lowest BCUT2D eigenvalue weighted by Crippen LogP contribution is -2.25. The van der Waals surface area contributed by atoms with E-state index in [-0.39, 0.29) is 11.5 Å². The van der Waals surface area contributed by atoms with Gasteiger partial charge in [-0.25, -0.2) is 4.98 Å². The van der Waals surface area contributed by atoms with Crippen molar-refractivity contribution in [3.8, 4) is 0 Å². The minimum Gasteiger partial charge on any atom is -0.325 e. The average molecular weight is 452 g/mol. The molecule has 136 valence electrons. The van der Waals surface area contributed by atoms with Crippen molar-refractivity contribution in [3.05, 3.63) is 49.5 Å². The molecule has 8 heteroatoms. The quantitative estimate of drug-likeness (QED) is 0.468. The fraction of sp³-hybridized carbons (Fsp3) is 0.278. The molecule has 5 nitrogen and oxygen atoms in total. The molecule has 1 N–H and O–H groups in total. The molecule has 2 aromatic heterocycles. The Labute approximate surface area is 168 Å². The maximum Gasteiger partial charge on any atom is 0.262 e. The monoisotopic (exact) mass is 451 g/mol. The minimum atomic E-state index is -0.392. The van der Waals surface area contributed by atoms with Crippen molar-refractivity contribution in [2.75, 3.05) is 5.32 Å². The number of halogens is 1. The summed E-state index contributed by atoms with van der Waals surface area (Å²) in [6, 6.07) is 7.40. The second-order valence-corrected chi connectivity index (χ2v) is 9.40. The van der Waals surface area contributed by atoms with E-state index in [4.69, 9.17) is 0 Å². The third kappa shape index (κ3) is 3.72. The topological polar surface area (TPSA) is 64.0 Å². The second kappa shape index (κ2) is 7.54. The summed E-state index contributed by atoms with van der Waals surface area (Å²) in [5, 5.41) is 3.70. The van der Waals surface area contributed by atoms with Crippen LogP contribution in [0.4, 0.5) is 5.69 Å². The highest BCUT2D eigenvalue weighted by molar-refractivity contribution is 9.10. The zero-order valence-corrected chi connectivity index (χ0v) is 18.0. The SMILES string of the molecule is Cc1sc2nc(SC(C)C(=O)Nc3ccc(Br)cc3)n(C)c(=O)c2c1C. The number of thioether (sulfide) groups is 1. The number of nitrogens with one attached hydrogen (secondary N) is 1. The van der Waals surface area contributed by atoms with Gasteiger partial charge in [-0.05, 0) is 50.6 Å². The first-order chi connectivity index (χ1) is 12.3. The molecule has 1 aromatic carbocycles. The Morgan fingerprint density at radius 1 is 1.31 bits per heavy atom. The zero-order valence-electron chi connectivity index (χ0n) is 14.8. The average Bonchev–Trinajstić information content (AvgIpc) is 2.88. The van der Waals surface area contributed by atoms with Gasteiger partial charge in [0, 0.05) is 22.1 Å². The Balaban J connectivity index is 1.83. The number of aromatic nitrogens is 2. The van der Waals surface area contributed by atoms with E-state index >= 15 is 0 Å². The number of carbonyl (C=O) groups excluding carboxylic acids is 1. The molecule has 0 saturated carbocycles. The van der Waals surface area contributed by atoms with Gasteiger partial charge >= 0.3 is 0 Å². The highest BCUT2D eigenvalue weighted by atomic mass is 79.9. The first kappa shape index (κ1) is 19.1. The molecule has 2 heterocycles. The van der Waals surface area contributed by atoms with Crippen LogP contribution in [0, 0.1) is 13.8 Å². The number of carbonyl (C=O) groups is 1. The lowest BCUT2D eigenvalue weighted by Gasteiger charge is -2.13. The van der Waals surface area contributed by atoms with E-state index in [1.54, 1.807) is 14.0 Å². The van der Waals surface area contributed by atoms with Crippen molar-refractivity contribution < 1.29 is 4.79 Å². The Kier molecular flexibility index (Phi) is 5.55. The summed E-state index contributed by atoms with van der Waals surface area (Å²) >= 11 is 6.16. The minimum absolute atomic E-state index is 0.0696. The van der Waals surface area contributed by atoms with Crippen molar-refractivity contribution in [2.45, 2.75) is 31.2 Å². The molecule has 3 rings (SSSR count). The van der Waals surface area contributed by atoms with E-state index in [0.29, 0.717) is 10.5 Å². The normalized spacial score (nSPS) is 12.3. The first-order valence-electron chi connectivity index (χ1n) is 7.97. The van der Waals surface area contributed by atoms with Crippen LogP contribution in [0.1, 0.15) is 17.4 Å². The summed E-state index contributed by atoms with van der Waals surface area (Å²) in [6.45, 7) is 5.74.